The third-order valence-corrected chi connectivity index (χ3v) is 7.21. The van der Waals surface area contributed by atoms with Crippen LogP contribution in [0.4, 0.5) is 15.3 Å². The predicted octanol–water partition coefficient (Wildman–Crippen LogP) is 4.39. The fourth-order valence-electron chi connectivity index (χ4n) is 5.29. The molecule has 1 N–H and O–H groups in total. The van der Waals surface area contributed by atoms with E-state index in [-0.39, 0.29) is 36.5 Å². The number of urea groups is 2. The Hall–Kier alpha value is -4.13. The molecule has 3 aliphatic rings. The van der Waals surface area contributed by atoms with Gasteiger partial charge in [0.1, 0.15) is 6.04 Å². The third kappa shape index (κ3) is 3.83. The van der Waals surface area contributed by atoms with Crippen LogP contribution in [0.25, 0.3) is 11.1 Å². The summed E-state index contributed by atoms with van der Waals surface area (Å²) in [4.78, 5) is 44.3. The van der Waals surface area contributed by atoms with Crippen molar-refractivity contribution in [1.82, 2.24) is 14.7 Å². The molecule has 0 aromatic heterocycles. The molecule has 3 fully saturated rings. The van der Waals surface area contributed by atoms with E-state index in [4.69, 9.17) is 0 Å². The van der Waals surface area contributed by atoms with Crippen LogP contribution in [-0.4, -0.2) is 64.4 Å². The number of imide groups is 1. The molecular formula is C28H26N4O3. The number of anilines is 1. The van der Waals surface area contributed by atoms with E-state index < -0.39 is 6.04 Å². The number of hydrogen-bond donors (Lipinski definition) is 1. The highest BCUT2D eigenvalue weighted by atomic mass is 16.2. The minimum atomic E-state index is -0.622. The van der Waals surface area contributed by atoms with Gasteiger partial charge in [0.2, 0.25) is 0 Å². The van der Waals surface area contributed by atoms with Crippen LogP contribution < -0.4 is 5.32 Å². The SMILES string of the molecule is O=C(Nc1ccccc1-c1ccccc1)N1CCN2C(=O)N([C@H]3C[C@H]3c3ccccc3)C(=O)C2C1. The molecular weight excluding hydrogens is 440 g/mol. The number of fused-ring (bicyclic) bond motifs is 1. The molecule has 0 bridgehead atoms. The Kier molecular flexibility index (Phi) is 5.25. The number of piperazine rings is 1. The summed E-state index contributed by atoms with van der Waals surface area (Å²) in [6.45, 7) is 0.931. The van der Waals surface area contributed by atoms with Crippen molar-refractivity contribution in [2.75, 3.05) is 25.0 Å². The minimum Gasteiger partial charge on any atom is -0.320 e. The fourth-order valence-corrected chi connectivity index (χ4v) is 5.29. The molecule has 1 unspecified atom stereocenters. The van der Waals surface area contributed by atoms with Gasteiger partial charge in [-0.05, 0) is 23.6 Å². The smallest absolute Gasteiger partial charge is 0.320 e. The summed E-state index contributed by atoms with van der Waals surface area (Å²) in [5.41, 5.74) is 3.81. The lowest BCUT2D eigenvalue weighted by atomic mass is 10.0. The molecule has 0 radical (unpaired) electrons. The Morgan fingerprint density at radius 2 is 1.51 bits per heavy atom. The zero-order chi connectivity index (χ0) is 23.9. The predicted molar refractivity (Wildman–Crippen MR) is 133 cm³/mol. The first-order valence-electron chi connectivity index (χ1n) is 12.0. The highest BCUT2D eigenvalue weighted by Crippen LogP contribution is 2.46. The first-order valence-corrected chi connectivity index (χ1v) is 12.0. The van der Waals surface area contributed by atoms with Gasteiger partial charge < -0.3 is 15.1 Å². The Morgan fingerprint density at radius 1 is 0.829 bits per heavy atom. The second-order valence-electron chi connectivity index (χ2n) is 9.31. The van der Waals surface area contributed by atoms with Crippen LogP contribution in [0.5, 0.6) is 0 Å². The van der Waals surface area contributed by atoms with E-state index in [1.807, 2.05) is 84.9 Å². The number of benzene rings is 3. The van der Waals surface area contributed by atoms with Crippen molar-refractivity contribution < 1.29 is 14.4 Å². The first kappa shape index (κ1) is 21.4. The minimum absolute atomic E-state index is 0.0944. The van der Waals surface area contributed by atoms with Crippen molar-refractivity contribution in [2.24, 2.45) is 0 Å². The van der Waals surface area contributed by atoms with E-state index >= 15 is 0 Å². The van der Waals surface area contributed by atoms with Gasteiger partial charge in [0.15, 0.2) is 0 Å². The van der Waals surface area contributed by atoms with Gasteiger partial charge in [-0.1, -0.05) is 78.9 Å². The van der Waals surface area contributed by atoms with Crippen LogP contribution in [-0.2, 0) is 4.79 Å². The van der Waals surface area contributed by atoms with E-state index in [1.165, 1.54) is 4.90 Å². The molecule has 7 nitrogen and oxygen atoms in total. The standard InChI is InChI=1S/C28H26N4O3/c33-26-25-18-30(27(34)29-23-14-8-7-13-21(23)19-9-3-1-4-10-19)15-16-31(25)28(35)32(26)24-17-22(24)20-11-5-2-6-12-20/h1-14,22,24-25H,15-18H2,(H,29,34)/t22-,24-,25?/m0/s1. The van der Waals surface area contributed by atoms with Crippen molar-refractivity contribution in [2.45, 2.75) is 24.4 Å². The van der Waals surface area contributed by atoms with Crippen LogP contribution in [0.1, 0.15) is 17.9 Å². The zero-order valence-corrected chi connectivity index (χ0v) is 19.2. The summed E-state index contributed by atoms with van der Waals surface area (Å²) in [5, 5.41) is 3.02. The number of amides is 5. The number of carbonyl (C=O) groups excluding carboxylic acids is 3. The molecule has 1 saturated carbocycles. The van der Waals surface area contributed by atoms with E-state index in [0.717, 1.165) is 23.1 Å². The van der Waals surface area contributed by atoms with Crippen LogP contribution in [0.3, 0.4) is 0 Å². The lowest BCUT2D eigenvalue weighted by Gasteiger charge is -2.35. The van der Waals surface area contributed by atoms with Crippen molar-refractivity contribution in [3.8, 4) is 11.1 Å². The van der Waals surface area contributed by atoms with Gasteiger partial charge in [0.25, 0.3) is 5.91 Å². The normalized spacial score (nSPS) is 23.3. The summed E-state index contributed by atoms with van der Waals surface area (Å²) >= 11 is 0. The van der Waals surface area contributed by atoms with Gasteiger partial charge in [-0.3, -0.25) is 9.69 Å². The molecule has 3 aromatic carbocycles. The molecule has 2 aliphatic heterocycles. The monoisotopic (exact) mass is 466 g/mol. The molecule has 176 valence electrons. The van der Waals surface area contributed by atoms with E-state index in [9.17, 15) is 14.4 Å². The molecule has 2 heterocycles. The number of nitrogens with one attached hydrogen (secondary N) is 1. The maximum Gasteiger partial charge on any atom is 0.327 e. The van der Waals surface area contributed by atoms with Crippen molar-refractivity contribution in [1.29, 1.82) is 0 Å². The molecule has 1 aliphatic carbocycles. The Morgan fingerprint density at radius 3 is 2.29 bits per heavy atom. The lowest BCUT2D eigenvalue weighted by Crippen LogP contribution is -2.55. The molecule has 6 rings (SSSR count). The molecule has 2 saturated heterocycles. The van der Waals surface area contributed by atoms with Crippen LogP contribution in [0.2, 0.25) is 0 Å². The molecule has 7 heteroatoms. The number of nitrogens with zero attached hydrogens (tertiary/aromatic N) is 3. The van der Waals surface area contributed by atoms with E-state index in [1.54, 1.807) is 9.80 Å². The van der Waals surface area contributed by atoms with Crippen molar-refractivity contribution in [3.05, 3.63) is 90.5 Å². The van der Waals surface area contributed by atoms with Gasteiger partial charge in [-0.25, -0.2) is 9.59 Å². The summed E-state index contributed by atoms with van der Waals surface area (Å²) in [6, 6.07) is 26.4. The fraction of sp³-hybridized carbons (Fsp3) is 0.250. The van der Waals surface area contributed by atoms with E-state index in [2.05, 4.69) is 5.32 Å². The lowest BCUT2D eigenvalue weighted by molar-refractivity contribution is -0.129. The van der Waals surface area contributed by atoms with Crippen LogP contribution >= 0.6 is 0 Å². The second kappa shape index (κ2) is 8.58. The van der Waals surface area contributed by atoms with Gasteiger partial charge in [0.05, 0.1) is 12.2 Å². The van der Waals surface area contributed by atoms with Gasteiger partial charge in [0, 0.05) is 30.6 Å². The van der Waals surface area contributed by atoms with Gasteiger partial charge in [-0.15, -0.1) is 0 Å². The Labute approximate surface area is 203 Å². The van der Waals surface area contributed by atoms with Gasteiger partial charge in [-0.2, -0.15) is 0 Å². The number of hydrogen-bond acceptors (Lipinski definition) is 3. The second-order valence-corrected chi connectivity index (χ2v) is 9.31. The molecule has 0 spiro atoms. The summed E-state index contributed by atoms with van der Waals surface area (Å²) in [7, 11) is 0. The Bertz CT molecular complexity index is 1280. The molecule has 3 aromatic rings. The molecule has 3 atom stereocenters. The summed E-state index contributed by atoms with van der Waals surface area (Å²) in [5.74, 6) is -0.0000373. The average Bonchev–Trinajstić information content (AvgIpc) is 3.65. The maximum atomic E-state index is 13.3. The quantitative estimate of drug-likeness (QED) is 0.580. The molecule has 35 heavy (non-hydrogen) atoms. The zero-order valence-electron chi connectivity index (χ0n) is 19.2. The highest BCUT2D eigenvalue weighted by molar-refractivity contribution is 6.06. The third-order valence-electron chi connectivity index (χ3n) is 7.21. The van der Waals surface area contributed by atoms with Crippen molar-refractivity contribution in [3.63, 3.8) is 0 Å². The Balaban J connectivity index is 1.15. The number of rotatable bonds is 4. The highest BCUT2D eigenvalue weighted by Gasteiger charge is 2.56. The average molecular weight is 467 g/mol. The number of para-hydroxylation sites is 1. The number of carbonyl (C=O) groups is 3. The van der Waals surface area contributed by atoms with Crippen LogP contribution in [0.15, 0.2) is 84.9 Å². The van der Waals surface area contributed by atoms with Crippen molar-refractivity contribution >= 4 is 23.7 Å². The largest absolute Gasteiger partial charge is 0.327 e. The first-order chi connectivity index (χ1) is 17.1. The molecule has 5 amide bonds. The summed E-state index contributed by atoms with van der Waals surface area (Å²) in [6.07, 6.45) is 0.794. The van der Waals surface area contributed by atoms with Crippen LogP contribution in [0, 0.1) is 0 Å². The summed E-state index contributed by atoms with van der Waals surface area (Å²) < 4.78 is 0. The van der Waals surface area contributed by atoms with E-state index in [0.29, 0.717) is 18.8 Å². The maximum absolute atomic E-state index is 13.3. The van der Waals surface area contributed by atoms with Gasteiger partial charge >= 0.3 is 12.1 Å². The topological polar surface area (TPSA) is 73.0 Å².